The molecule has 0 rings (SSSR count). The van der Waals surface area contributed by atoms with Crippen molar-refractivity contribution in [1.82, 2.24) is 0 Å². The summed E-state index contributed by atoms with van der Waals surface area (Å²) >= 11 is 0. The summed E-state index contributed by atoms with van der Waals surface area (Å²) in [6.45, 7) is 6.37. The van der Waals surface area contributed by atoms with Crippen LogP contribution in [0.25, 0.3) is 0 Å². The predicted octanol–water partition coefficient (Wildman–Crippen LogP) is 23.0. The monoisotopic (exact) mass is 1100 g/mol. The second-order valence-corrected chi connectivity index (χ2v) is 22.0. The third kappa shape index (κ3) is 64.8. The summed E-state index contributed by atoms with van der Waals surface area (Å²) in [5, 5.41) is 0. The van der Waals surface area contributed by atoms with Crippen LogP contribution in [0.15, 0.2) is 109 Å². The van der Waals surface area contributed by atoms with Crippen molar-refractivity contribution in [3.63, 3.8) is 0 Å². The summed E-state index contributed by atoms with van der Waals surface area (Å²) in [6, 6.07) is 0. The number of hydrogen-bond donors (Lipinski definition) is 0. The molecule has 0 aromatic rings. The molecule has 6 nitrogen and oxygen atoms in total. The minimum Gasteiger partial charge on any atom is -0.462 e. The van der Waals surface area contributed by atoms with Crippen LogP contribution in [0.4, 0.5) is 0 Å². The van der Waals surface area contributed by atoms with Crippen molar-refractivity contribution in [2.24, 2.45) is 0 Å². The smallest absolute Gasteiger partial charge is 0.306 e. The Hall–Kier alpha value is -3.93. The van der Waals surface area contributed by atoms with E-state index in [-0.39, 0.29) is 37.5 Å². The molecular formula is C73H124O6. The number of allylic oxidation sites excluding steroid dienone is 18. The molecule has 0 aromatic heterocycles. The van der Waals surface area contributed by atoms with Gasteiger partial charge in [-0.1, -0.05) is 297 Å². The number of hydrogen-bond acceptors (Lipinski definition) is 6. The maximum Gasteiger partial charge on any atom is 0.306 e. The van der Waals surface area contributed by atoms with Crippen LogP contribution in [0.3, 0.4) is 0 Å². The molecule has 0 aliphatic heterocycles. The van der Waals surface area contributed by atoms with Gasteiger partial charge in [-0.3, -0.25) is 14.4 Å². The van der Waals surface area contributed by atoms with Gasteiger partial charge in [0.25, 0.3) is 0 Å². The van der Waals surface area contributed by atoms with E-state index in [1.165, 1.54) is 173 Å². The molecule has 0 aromatic carbocycles. The van der Waals surface area contributed by atoms with E-state index in [0.29, 0.717) is 19.3 Å². The zero-order chi connectivity index (χ0) is 57.1. The molecule has 6 heteroatoms. The largest absolute Gasteiger partial charge is 0.462 e. The Morgan fingerprint density at radius 2 is 0.519 bits per heavy atom. The summed E-state index contributed by atoms with van der Waals surface area (Å²) in [7, 11) is 0. The van der Waals surface area contributed by atoms with Crippen molar-refractivity contribution in [1.29, 1.82) is 0 Å². The highest BCUT2D eigenvalue weighted by Gasteiger charge is 2.19. The number of esters is 3. The molecule has 452 valence electrons. The van der Waals surface area contributed by atoms with Gasteiger partial charge in [0, 0.05) is 19.3 Å². The lowest BCUT2D eigenvalue weighted by Crippen LogP contribution is -2.30. The molecule has 0 aliphatic rings. The quantitative estimate of drug-likeness (QED) is 0.0261. The van der Waals surface area contributed by atoms with Gasteiger partial charge < -0.3 is 14.2 Å². The van der Waals surface area contributed by atoms with Crippen LogP contribution in [0.5, 0.6) is 0 Å². The molecule has 0 bridgehead atoms. The maximum atomic E-state index is 12.9. The van der Waals surface area contributed by atoms with Crippen LogP contribution in [-0.2, 0) is 28.6 Å². The zero-order valence-electron chi connectivity index (χ0n) is 51.9. The van der Waals surface area contributed by atoms with Crippen molar-refractivity contribution in [3.8, 4) is 0 Å². The Morgan fingerprint density at radius 1 is 0.266 bits per heavy atom. The third-order valence-electron chi connectivity index (χ3n) is 14.3. The Bertz CT molecular complexity index is 1590. The van der Waals surface area contributed by atoms with Crippen LogP contribution in [0.2, 0.25) is 0 Å². The number of carbonyl (C=O) groups is 3. The van der Waals surface area contributed by atoms with E-state index in [9.17, 15) is 14.4 Å². The van der Waals surface area contributed by atoms with E-state index in [1.807, 2.05) is 6.08 Å². The van der Waals surface area contributed by atoms with Gasteiger partial charge in [-0.25, -0.2) is 0 Å². The first kappa shape index (κ1) is 75.1. The lowest BCUT2D eigenvalue weighted by Gasteiger charge is -2.18. The van der Waals surface area contributed by atoms with Crippen molar-refractivity contribution < 1.29 is 28.6 Å². The molecule has 0 saturated heterocycles. The van der Waals surface area contributed by atoms with Crippen LogP contribution < -0.4 is 0 Å². The predicted molar refractivity (Wildman–Crippen MR) is 343 cm³/mol. The van der Waals surface area contributed by atoms with Crippen molar-refractivity contribution in [3.05, 3.63) is 109 Å². The van der Waals surface area contributed by atoms with E-state index in [1.54, 1.807) is 0 Å². The number of ether oxygens (including phenoxy) is 3. The minimum absolute atomic E-state index is 0.103. The first-order chi connectivity index (χ1) is 39.0. The van der Waals surface area contributed by atoms with Gasteiger partial charge >= 0.3 is 17.9 Å². The van der Waals surface area contributed by atoms with Crippen molar-refractivity contribution >= 4 is 17.9 Å². The van der Waals surface area contributed by atoms with Gasteiger partial charge in [0.05, 0.1) is 0 Å². The van der Waals surface area contributed by atoms with Crippen LogP contribution in [0.1, 0.15) is 316 Å². The SMILES string of the molecule is CC/C=C\C/C=C\C/C=C\C/C=C\CCCCCCCCCCC(=O)OC(COC(=O)CC/C=C\C/C=C\C/C=C\C/C=C\CC)COC(=O)CCCCCCCCCCCCCCCCC/C=C\CCCCCCCCCC. The topological polar surface area (TPSA) is 78.9 Å². The van der Waals surface area contributed by atoms with E-state index < -0.39 is 6.10 Å². The van der Waals surface area contributed by atoms with Gasteiger partial charge in [0.15, 0.2) is 6.10 Å². The Kier molecular flexibility index (Phi) is 63.3. The van der Waals surface area contributed by atoms with Crippen LogP contribution in [0, 0.1) is 0 Å². The summed E-state index contributed by atoms with van der Waals surface area (Å²) in [4.78, 5) is 38.3. The number of unbranched alkanes of at least 4 members (excludes halogenated alkanes) is 31. The fourth-order valence-corrected chi connectivity index (χ4v) is 9.33. The molecule has 1 atom stereocenters. The molecule has 79 heavy (non-hydrogen) atoms. The molecule has 1 unspecified atom stereocenters. The lowest BCUT2D eigenvalue weighted by molar-refractivity contribution is -0.166. The second-order valence-electron chi connectivity index (χ2n) is 22.0. The van der Waals surface area contributed by atoms with Crippen LogP contribution in [-0.4, -0.2) is 37.2 Å². The molecule has 0 fully saturated rings. The third-order valence-corrected chi connectivity index (χ3v) is 14.3. The van der Waals surface area contributed by atoms with Gasteiger partial charge in [0.2, 0.25) is 0 Å². The highest BCUT2D eigenvalue weighted by atomic mass is 16.6. The summed E-state index contributed by atoms with van der Waals surface area (Å²) < 4.78 is 16.9. The maximum absolute atomic E-state index is 12.9. The van der Waals surface area contributed by atoms with E-state index >= 15 is 0 Å². The normalized spacial score (nSPS) is 12.8. The Balaban J connectivity index is 4.31. The first-order valence-corrected chi connectivity index (χ1v) is 33.4. The fourth-order valence-electron chi connectivity index (χ4n) is 9.33. The highest BCUT2D eigenvalue weighted by Crippen LogP contribution is 2.17. The molecule has 0 saturated carbocycles. The number of carbonyl (C=O) groups excluding carboxylic acids is 3. The lowest BCUT2D eigenvalue weighted by atomic mass is 10.0. The highest BCUT2D eigenvalue weighted by molar-refractivity contribution is 5.71. The van der Waals surface area contributed by atoms with E-state index in [4.69, 9.17) is 14.2 Å². The van der Waals surface area contributed by atoms with Crippen LogP contribution >= 0.6 is 0 Å². The minimum atomic E-state index is -0.814. The molecule has 0 spiro atoms. The average molecular weight is 1100 g/mol. The summed E-state index contributed by atoms with van der Waals surface area (Å²) in [5.74, 6) is -0.988. The summed E-state index contributed by atoms with van der Waals surface area (Å²) in [6.07, 6.45) is 91.3. The second kappa shape index (κ2) is 66.6. The van der Waals surface area contributed by atoms with Crippen molar-refractivity contribution in [2.75, 3.05) is 13.2 Å². The molecule has 0 heterocycles. The fraction of sp³-hybridized carbons (Fsp3) is 0.712. The molecule has 0 N–H and O–H groups in total. The molecular weight excluding hydrogens is 973 g/mol. The van der Waals surface area contributed by atoms with E-state index in [0.717, 1.165) is 96.3 Å². The first-order valence-electron chi connectivity index (χ1n) is 33.4. The molecule has 0 amide bonds. The average Bonchev–Trinajstić information content (AvgIpc) is 3.45. The Morgan fingerprint density at radius 3 is 0.861 bits per heavy atom. The molecule has 0 aliphatic carbocycles. The van der Waals surface area contributed by atoms with Gasteiger partial charge in [-0.15, -0.1) is 0 Å². The summed E-state index contributed by atoms with van der Waals surface area (Å²) in [5.41, 5.74) is 0. The number of rotatable bonds is 60. The molecule has 0 radical (unpaired) electrons. The van der Waals surface area contributed by atoms with Crippen molar-refractivity contribution in [2.45, 2.75) is 322 Å². The van der Waals surface area contributed by atoms with Gasteiger partial charge in [0.1, 0.15) is 13.2 Å². The Labute approximate surface area is 489 Å². The van der Waals surface area contributed by atoms with Gasteiger partial charge in [-0.05, 0) is 109 Å². The zero-order valence-corrected chi connectivity index (χ0v) is 51.9. The standard InChI is InChI=1S/C73H124O6/c1-4-7-10-13-16-19-22-25-27-29-31-33-34-35-36-37-38-40-41-43-45-48-51-54-57-60-63-66-72(75)78-69-70(68-77-71(74)65-62-59-56-53-50-47-24-21-18-15-12-9-6-3)79-73(76)67-64-61-58-55-52-49-46-44-42-39-32-30-28-26-23-20-17-14-11-8-5-2/h8-9,11-12,17-18,20-21,26,28-29,31-32,39,47,50,56,59,70H,4-7,10,13-16,19,22-25,27,30,33-38,40-46,48-49,51-55,57-58,60-69H2,1-3H3/b11-8-,12-9-,20-17-,21-18-,28-26-,31-29-,39-32-,50-47-,59-56-. The van der Waals surface area contributed by atoms with E-state index in [2.05, 4.69) is 124 Å². The van der Waals surface area contributed by atoms with Gasteiger partial charge in [-0.2, -0.15) is 0 Å².